The fourth-order valence-electron chi connectivity index (χ4n) is 2.75. The molecule has 2 aromatic rings. The Morgan fingerprint density at radius 3 is 2.88 bits per heavy atom. The minimum atomic E-state index is -0.884. The van der Waals surface area contributed by atoms with Gasteiger partial charge in [0.25, 0.3) is 0 Å². The molecule has 1 aliphatic rings. The van der Waals surface area contributed by atoms with Gasteiger partial charge in [0.2, 0.25) is 0 Å². The Labute approximate surface area is 140 Å². The fraction of sp³-hybridized carbons (Fsp3) is 0.471. The Hall–Kier alpha value is -2.43. The number of hydrogen-bond donors (Lipinski definition) is 0. The number of rotatable bonds is 6. The van der Waals surface area contributed by atoms with E-state index in [0.29, 0.717) is 31.9 Å². The third kappa shape index (κ3) is 3.40. The van der Waals surface area contributed by atoms with E-state index >= 15 is 0 Å². The van der Waals surface area contributed by atoms with Gasteiger partial charge in [-0.25, -0.2) is 9.48 Å². The van der Waals surface area contributed by atoms with Crippen LogP contribution in [0.1, 0.15) is 17.8 Å². The molecule has 3 rings (SSSR count). The fourth-order valence-corrected chi connectivity index (χ4v) is 2.75. The lowest BCUT2D eigenvalue weighted by atomic mass is 10.1. The number of benzene rings is 1. The molecule has 24 heavy (non-hydrogen) atoms. The molecule has 7 nitrogen and oxygen atoms in total. The van der Waals surface area contributed by atoms with E-state index in [1.54, 1.807) is 4.57 Å². The first-order valence-corrected chi connectivity index (χ1v) is 7.95. The van der Waals surface area contributed by atoms with E-state index in [-0.39, 0.29) is 18.9 Å². The standard InChI is InChI=1S/C17H20N4O3/c1-14-19-21(8-10-24-17(12-18)7-9-23-13-17)16(22)20(14)11-15-5-3-2-4-6-15/h2-6H,7-11,13H2,1H3. The third-order valence-electron chi connectivity index (χ3n) is 4.16. The highest BCUT2D eigenvalue weighted by molar-refractivity contribution is 5.15. The first kappa shape index (κ1) is 16.4. The van der Waals surface area contributed by atoms with Crippen LogP contribution < -0.4 is 5.69 Å². The van der Waals surface area contributed by atoms with Gasteiger partial charge in [0, 0.05) is 6.42 Å². The molecule has 7 heteroatoms. The van der Waals surface area contributed by atoms with E-state index in [1.165, 1.54) is 4.68 Å². The highest BCUT2D eigenvalue weighted by Gasteiger charge is 2.36. The summed E-state index contributed by atoms with van der Waals surface area (Å²) in [7, 11) is 0. The zero-order valence-corrected chi connectivity index (χ0v) is 13.6. The van der Waals surface area contributed by atoms with Crippen LogP contribution in [0.4, 0.5) is 0 Å². The van der Waals surface area contributed by atoms with Gasteiger partial charge in [-0.3, -0.25) is 4.57 Å². The van der Waals surface area contributed by atoms with Crippen LogP contribution >= 0.6 is 0 Å². The molecule has 0 bridgehead atoms. The molecule has 0 saturated carbocycles. The molecule has 1 aromatic heterocycles. The summed E-state index contributed by atoms with van der Waals surface area (Å²) in [5.41, 5.74) is -0.00991. The maximum absolute atomic E-state index is 12.5. The molecular formula is C17H20N4O3. The van der Waals surface area contributed by atoms with E-state index in [9.17, 15) is 10.1 Å². The van der Waals surface area contributed by atoms with E-state index in [0.717, 1.165) is 5.56 Å². The highest BCUT2D eigenvalue weighted by Crippen LogP contribution is 2.22. The molecule has 1 unspecified atom stereocenters. The molecule has 0 amide bonds. The first-order chi connectivity index (χ1) is 11.6. The topological polar surface area (TPSA) is 82.1 Å². The van der Waals surface area contributed by atoms with Crippen molar-refractivity contribution in [3.8, 4) is 6.07 Å². The van der Waals surface area contributed by atoms with Crippen LogP contribution in [0.5, 0.6) is 0 Å². The average molecular weight is 328 g/mol. The summed E-state index contributed by atoms with van der Waals surface area (Å²) in [5, 5.41) is 13.5. The maximum Gasteiger partial charge on any atom is 0.346 e. The molecule has 126 valence electrons. The van der Waals surface area contributed by atoms with Gasteiger partial charge < -0.3 is 9.47 Å². The van der Waals surface area contributed by atoms with Gasteiger partial charge in [-0.2, -0.15) is 10.4 Å². The first-order valence-electron chi connectivity index (χ1n) is 7.95. The second-order valence-electron chi connectivity index (χ2n) is 5.88. The number of ether oxygens (including phenoxy) is 2. The van der Waals surface area contributed by atoms with Crippen LogP contribution in [0.15, 0.2) is 35.1 Å². The smallest absolute Gasteiger partial charge is 0.346 e. The van der Waals surface area contributed by atoms with Crippen molar-refractivity contribution in [1.29, 1.82) is 5.26 Å². The average Bonchev–Trinajstić information content (AvgIpc) is 3.17. The molecule has 1 aliphatic heterocycles. The summed E-state index contributed by atoms with van der Waals surface area (Å²) < 4.78 is 13.9. The minimum absolute atomic E-state index is 0.173. The van der Waals surface area contributed by atoms with E-state index in [1.807, 2.05) is 37.3 Å². The van der Waals surface area contributed by atoms with Gasteiger partial charge in [0.05, 0.1) is 32.9 Å². The molecule has 0 spiro atoms. The summed E-state index contributed by atoms with van der Waals surface area (Å²) in [6.07, 6.45) is 0.555. The Morgan fingerprint density at radius 2 is 2.21 bits per heavy atom. The van der Waals surface area contributed by atoms with E-state index in [2.05, 4.69) is 11.2 Å². The Bertz CT molecular complexity index is 782. The van der Waals surface area contributed by atoms with Crippen molar-refractivity contribution in [2.45, 2.75) is 32.0 Å². The Morgan fingerprint density at radius 1 is 1.42 bits per heavy atom. The van der Waals surface area contributed by atoms with Crippen LogP contribution in [0.2, 0.25) is 0 Å². The van der Waals surface area contributed by atoms with Gasteiger partial charge in [-0.1, -0.05) is 30.3 Å². The van der Waals surface area contributed by atoms with Crippen LogP contribution in [0.3, 0.4) is 0 Å². The molecule has 2 heterocycles. The second-order valence-corrected chi connectivity index (χ2v) is 5.88. The van der Waals surface area contributed by atoms with Crippen molar-refractivity contribution >= 4 is 0 Å². The van der Waals surface area contributed by atoms with Crippen molar-refractivity contribution in [3.63, 3.8) is 0 Å². The third-order valence-corrected chi connectivity index (χ3v) is 4.16. The van der Waals surface area contributed by atoms with Gasteiger partial charge in [0.1, 0.15) is 11.9 Å². The highest BCUT2D eigenvalue weighted by atomic mass is 16.6. The van der Waals surface area contributed by atoms with Crippen LogP contribution in [0.25, 0.3) is 0 Å². The summed E-state index contributed by atoms with van der Waals surface area (Å²) in [6, 6.07) is 11.9. The lowest BCUT2D eigenvalue weighted by Crippen LogP contribution is -2.34. The minimum Gasteiger partial charge on any atom is -0.377 e. The predicted molar refractivity (Wildman–Crippen MR) is 86.5 cm³/mol. The molecular weight excluding hydrogens is 308 g/mol. The summed E-state index contributed by atoms with van der Waals surface area (Å²) >= 11 is 0. The molecule has 0 aliphatic carbocycles. The zero-order valence-electron chi connectivity index (χ0n) is 13.6. The van der Waals surface area contributed by atoms with Gasteiger partial charge >= 0.3 is 5.69 Å². The quantitative estimate of drug-likeness (QED) is 0.793. The lowest BCUT2D eigenvalue weighted by Gasteiger charge is -2.18. The summed E-state index contributed by atoms with van der Waals surface area (Å²) in [4.78, 5) is 12.5. The van der Waals surface area contributed by atoms with Crippen LogP contribution in [-0.4, -0.2) is 39.8 Å². The molecule has 1 atom stereocenters. The zero-order chi connectivity index (χ0) is 17.0. The lowest BCUT2D eigenvalue weighted by molar-refractivity contribution is -0.0134. The van der Waals surface area contributed by atoms with Crippen LogP contribution in [-0.2, 0) is 22.6 Å². The number of aryl methyl sites for hydroxylation is 1. The number of hydrogen-bond acceptors (Lipinski definition) is 5. The van der Waals surface area contributed by atoms with Gasteiger partial charge in [-0.15, -0.1) is 0 Å². The van der Waals surface area contributed by atoms with Crippen molar-refractivity contribution in [2.24, 2.45) is 0 Å². The van der Waals surface area contributed by atoms with Crippen molar-refractivity contribution in [2.75, 3.05) is 19.8 Å². The Kier molecular flexibility index (Phi) is 4.79. The number of aromatic nitrogens is 3. The largest absolute Gasteiger partial charge is 0.377 e. The summed E-state index contributed by atoms with van der Waals surface area (Å²) in [5.74, 6) is 0.656. The normalized spacial score (nSPS) is 20.2. The van der Waals surface area contributed by atoms with Crippen molar-refractivity contribution < 1.29 is 9.47 Å². The monoisotopic (exact) mass is 328 g/mol. The van der Waals surface area contributed by atoms with Gasteiger partial charge in [0.15, 0.2) is 5.60 Å². The predicted octanol–water partition coefficient (Wildman–Crippen LogP) is 1.10. The SMILES string of the molecule is Cc1nn(CCOC2(C#N)CCOC2)c(=O)n1Cc1ccccc1. The number of nitriles is 1. The van der Waals surface area contributed by atoms with Crippen molar-refractivity contribution in [3.05, 3.63) is 52.2 Å². The molecule has 1 fully saturated rings. The van der Waals surface area contributed by atoms with E-state index < -0.39 is 5.60 Å². The second kappa shape index (κ2) is 6.99. The van der Waals surface area contributed by atoms with Crippen molar-refractivity contribution in [1.82, 2.24) is 14.3 Å². The number of nitrogens with zero attached hydrogens (tertiary/aromatic N) is 4. The molecule has 1 aromatic carbocycles. The Balaban J connectivity index is 1.66. The molecule has 1 saturated heterocycles. The van der Waals surface area contributed by atoms with Gasteiger partial charge in [-0.05, 0) is 12.5 Å². The maximum atomic E-state index is 12.5. The summed E-state index contributed by atoms with van der Waals surface area (Å²) in [6.45, 7) is 3.66. The molecule has 0 radical (unpaired) electrons. The van der Waals surface area contributed by atoms with E-state index in [4.69, 9.17) is 9.47 Å². The van der Waals surface area contributed by atoms with Crippen LogP contribution in [0, 0.1) is 18.3 Å². The molecule has 0 N–H and O–H groups in total.